The van der Waals surface area contributed by atoms with Crippen LogP contribution in [-0.2, 0) is 0 Å². The molecule has 3 rings (SSSR count). The number of aryl methyl sites for hydroxylation is 1. The molecular weight excluding hydrogens is 284 g/mol. The quantitative estimate of drug-likeness (QED) is 0.916. The second-order valence-corrected chi connectivity index (χ2v) is 7.12. The summed E-state index contributed by atoms with van der Waals surface area (Å²) in [6.07, 6.45) is 0. The Morgan fingerprint density at radius 3 is 2.39 bits per heavy atom. The van der Waals surface area contributed by atoms with E-state index in [9.17, 15) is 0 Å². The molecule has 2 aromatic carbocycles. The van der Waals surface area contributed by atoms with Crippen molar-refractivity contribution < 1.29 is 9.64 Å². The first-order valence-electron chi connectivity index (χ1n) is 8.19. The predicted molar refractivity (Wildman–Crippen MR) is 95.2 cm³/mol. The Bertz CT molecular complexity index is 711. The van der Waals surface area contributed by atoms with Crippen LogP contribution in [0.4, 0.5) is 11.4 Å². The zero-order valence-electron chi connectivity index (χ0n) is 14.4. The maximum atomic E-state index is 5.92. The summed E-state index contributed by atoms with van der Waals surface area (Å²) in [6, 6.07) is 16.6. The van der Waals surface area contributed by atoms with Crippen LogP contribution in [0.5, 0.6) is 5.75 Å². The molecule has 0 fully saturated rings. The second-order valence-electron chi connectivity index (χ2n) is 7.12. The van der Waals surface area contributed by atoms with Crippen LogP contribution in [0, 0.1) is 12.3 Å². The number of quaternary nitrogens is 1. The summed E-state index contributed by atoms with van der Waals surface area (Å²) in [7, 11) is 0. The third-order valence-electron chi connectivity index (χ3n) is 4.10. The molecule has 1 heterocycles. The van der Waals surface area contributed by atoms with E-state index in [1.807, 2.05) is 18.2 Å². The molecular formula is C20H25N2O+. The van der Waals surface area contributed by atoms with Crippen LogP contribution in [0.1, 0.15) is 26.3 Å². The summed E-state index contributed by atoms with van der Waals surface area (Å²) >= 11 is 0. The monoisotopic (exact) mass is 309 g/mol. The molecule has 3 nitrogen and oxygen atoms in total. The highest BCUT2D eigenvalue weighted by Crippen LogP contribution is 2.29. The lowest BCUT2D eigenvalue weighted by molar-refractivity contribution is -0.733. The third-order valence-corrected chi connectivity index (χ3v) is 4.10. The number of hydrogen-bond acceptors (Lipinski definition) is 2. The van der Waals surface area contributed by atoms with Gasteiger partial charge < -0.3 is 4.74 Å². The van der Waals surface area contributed by atoms with Crippen LogP contribution in [0.3, 0.4) is 0 Å². The average Bonchev–Trinajstić information content (AvgIpc) is 2.89. The fourth-order valence-corrected chi connectivity index (χ4v) is 2.92. The van der Waals surface area contributed by atoms with Gasteiger partial charge in [0.05, 0.1) is 5.41 Å². The molecule has 0 spiro atoms. The van der Waals surface area contributed by atoms with Crippen LogP contribution in [0.2, 0.25) is 0 Å². The zero-order valence-corrected chi connectivity index (χ0v) is 14.4. The van der Waals surface area contributed by atoms with Crippen molar-refractivity contribution >= 4 is 17.2 Å². The molecule has 0 radical (unpaired) electrons. The molecule has 1 atom stereocenters. The summed E-state index contributed by atoms with van der Waals surface area (Å²) in [6.45, 7) is 10.3. The fourth-order valence-electron chi connectivity index (χ4n) is 2.92. The van der Waals surface area contributed by atoms with E-state index in [0.29, 0.717) is 6.61 Å². The van der Waals surface area contributed by atoms with E-state index in [1.165, 1.54) is 22.0 Å². The second kappa shape index (κ2) is 6.17. The number of nitrogens with zero attached hydrogens (tertiary/aromatic N) is 1. The van der Waals surface area contributed by atoms with Gasteiger partial charge in [-0.15, -0.1) is 0 Å². The average molecular weight is 309 g/mol. The highest BCUT2D eigenvalue weighted by atomic mass is 16.5. The molecule has 0 bridgehead atoms. The van der Waals surface area contributed by atoms with Gasteiger partial charge in [-0.2, -0.15) is 4.99 Å². The van der Waals surface area contributed by atoms with E-state index < -0.39 is 0 Å². The molecule has 1 aliphatic heterocycles. The standard InChI is InChI=1S/C20H24N2O/c1-15-9-11-16(12-10-15)23-14-13-22-18-8-6-5-7-17(18)21-19(22)20(2,3)4/h5-12H,13-14H2,1-4H3/p+1. The van der Waals surface area contributed by atoms with Gasteiger partial charge in [0.1, 0.15) is 24.6 Å². The Hall–Kier alpha value is -2.13. The van der Waals surface area contributed by atoms with Gasteiger partial charge in [-0.3, -0.25) is 4.90 Å². The number of amidine groups is 1. The van der Waals surface area contributed by atoms with Gasteiger partial charge in [-0.05, 0) is 45.9 Å². The summed E-state index contributed by atoms with van der Waals surface area (Å²) in [4.78, 5) is 6.19. The van der Waals surface area contributed by atoms with E-state index in [2.05, 4.69) is 58.0 Å². The Morgan fingerprint density at radius 1 is 1.00 bits per heavy atom. The van der Waals surface area contributed by atoms with E-state index in [0.717, 1.165) is 18.0 Å². The van der Waals surface area contributed by atoms with E-state index in [1.54, 1.807) is 0 Å². The smallest absolute Gasteiger partial charge is 0.212 e. The van der Waals surface area contributed by atoms with Crippen LogP contribution in [0.25, 0.3) is 0 Å². The first kappa shape index (κ1) is 15.8. The van der Waals surface area contributed by atoms with Crippen molar-refractivity contribution in [2.75, 3.05) is 13.2 Å². The molecule has 0 saturated heterocycles. The number of hydrogen-bond donors (Lipinski definition) is 1. The minimum Gasteiger partial charge on any atom is -0.488 e. The van der Waals surface area contributed by atoms with Gasteiger partial charge in [0.25, 0.3) is 0 Å². The van der Waals surface area contributed by atoms with E-state index in [-0.39, 0.29) is 5.41 Å². The van der Waals surface area contributed by atoms with Gasteiger partial charge in [0, 0.05) is 6.07 Å². The molecule has 1 N–H and O–H groups in total. The summed E-state index contributed by atoms with van der Waals surface area (Å²) < 4.78 is 5.92. The normalized spacial score (nSPS) is 16.9. The van der Waals surface area contributed by atoms with Crippen molar-refractivity contribution in [1.82, 2.24) is 0 Å². The van der Waals surface area contributed by atoms with Crippen LogP contribution < -0.4 is 9.64 Å². The van der Waals surface area contributed by atoms with Crippen molar-refractivity contribution in [2.45, 2.75) is 27.7 Å². The van der Waals surface area contributed by atoms with Gasteiger partial charge in [0.2, 0.25) is 5.84 Å². The first-order valence-corrected chi connectivity index (χ1v) is 8.19. The Balaban J connectivity index is 1.72. The minimum atomic E-state index is 0.0399. The number of fused-ring (bicyclic) bond motifs is 1. The van der Waals surface area contributed by atoms with Crippen molar-refractivity contribution in [1.29, 1.82) is 0 Å². The van der Waals surface area contributed by atoms with Gasteiger partial charge in [-0.1, -0.05) is 29.8 Å². The maximum Gasteiger partial charge on any atom is 0.212 e. The lowest BCUT2D eigenvalue weighted by Gasteiger charge is -2.24. The van der Waals surface area contributed by atoms with Crippen molar-refractivity contribution in [3.63, 3.8) is 0 Å². The lowest BCUT2D eigenvalue weighted by atomic mass is 9.94. The topological polar surface area (TPSA) is 26.0 Å². The molecule has 0 aliphatic carbocycles. The number of nitrogens with one attached hydrogen (secondary N) is 1. The SMILES string of the molecule is Cc1ccc(OCC[NH+]2C(C(C)(C)C)=Nc3ccccc32)cc1. The van der Waals surface area contributed by atoms with Gasteiger partial charge in [0.15, 0.2) is 5.69 Å². The van der Waals surface area contributed by atoms with Crippen molar-refractivity contribution in [3.8, 4) is 5.75 Å². The predicted octanol–water partition coefficient (Wildman–Crippen LogP) is 3.68. The molecule has 1 unspecified atom stereocenters. The number of benzene rings is 2. The summed E-state index contributed by atoms with van der Waals surface area (Å²) in [5.41, 5.74) is 3.63. The number of rotatable bonds is 4. The fraction of sp³-hybridized carbons (Fsp3) is 0.350. The molecule has 120 valence electrons. The zero-order chi connectivity index (χ0) is 16.4. The van der Waals surface area contributed by atoms with E-state index >= 15 is 0 Å². The molecule has 0 saturated carbocycles. The number of para-hydroxylation sites is 2. The molecule has 2 aromatic rings. The van der Waals surface area contributed by atoms with Crippen molar-refractivity contribution in [2.24, 2.45) is 10.4 Å². The summed E-state index contributed by atoms with van der Waals surface area (Å²) in [5.74, 6) is 2.11. The van der Waals surface area contributed by atoms with Crippen LogP contribution in [0.15, 0.2) is 53.5 Å². The van der Waals surface area contributed by atoms with Crippen LogP contribution >= 0.6 is 0 Å². The Morgan fingerprint density at radius 2 is 1.70 bits per heavy atom. The largest absolute Gasteiger partial charge is 0.488 e. The highest BCUT2D eigenvalue weighted by Gasteiger charge is 2.37. The minimum absolute atomic E-state index is 0.0399. The summed E-state index contributed by atoms with van der Waals surface area (Å²) in [5, 5.41) is 0. The Kier molecular flexibility index (Phi) is 4.22. The van der Waals surface area contributed by atoms with Crippen molar-refractivity contribution in [3.05, 3.63) is 54.1 Å². The van der Waals surface area contributed by atoms with Crippen LogP contribution in [-0.4, -0.2) is 19.0 Å². The molecule has 0 aromatic heterocycles. The number of aliphatic imine (C=N–C) groups is 1. The lowest BCUT2D eigenvalue weighted by Crippen LogP contribution is -3.11. The maximum absolute atomic E-state index is 5.92. The first-order chi connectivity index (χ1) is 10.9. The number of ether oxygens (including phenoxy) is 1. The van der Waals surface area contributed by atoms with Gasteiger partial charge >= 0.3 is 0 Å². The molecule has 23 heavy (non-hydrogen) atoms. The molecule has 3 heteroatoms. The Labute approximate surface area is 138 Å². The highest BCUT2D eigenvalue weighted by molar-refractivity contribution is 5.89. The van der Waals surface area contributed by atoms with E-state index in [4.69, 9.17) is 9.73 Å². The van der Waals surface area contributed by atoms with Gasteiger partial charge in [-0.25, -0.2) is 0 Å². The third kappa shape index (κ3) is 3.45. The molecule has 0 amide bonds. The molecule has 1 aliphatic rings.